The molecule has 4 aliphatic carbocycles. The predicted molar refractivity (Wildman–Crippen MR) is 129 cm³/mol. The Balaban J connectivity index is 1.72. The number of primary amides is 1. The third-order valence-corrected chi connectivity index (χ3v) is 8.44. The largest absolute Gasteiger partial charge is 0.511 e. The molecule has 4 unspecified atom stereocenters. The number of allylic oxidation sites excluding steroid dienone is 3. The number of hydrogen-bond acceptors (Lipinski definition) is 8. The third kappa shape index (κ3) is 3.12. The SMILES string of the molecule is C[C@H]1c2ccc(C3C=CCC3)c(O)c2C(=O)C2=C(O)C3C(=O)C(C(N)=O)=C(O)[C@@H](N(C)C)C3[C@@H](O)C21. The summed E-state index contributed by atoms with van der Waals surface area (Å²) in [6.45, 7) is 1.79. The van der Waals surface area contributed by atoms with Gasteiger partial charge in [0.2, 0.25) is 0 Å². The Morgan fingerprint density at radius 2 is 1.75 bits per heavy atom. The lowest BCUT2D eigenvalue weighted by Crippen LogP contribution is -2.59. The molecule has 7 atom stereocenters. The van der Waals surface area contributed by atoms with Crippen LogP contribution in [-0.4, -0.2) is 69.0 Å². The third-order valence-electron chi connectivity index (χ3n) is 8.44. The summed E-state index contributed by atoms with van der Waals surface area (Å²) in [5.41, 5.74) is 5.81. The number of benzene rings is 1. The molecule has 4 aliphatic rings. The second-order valence-corrected chi connectivity index (χ2v) is 10.5. The number of aromatic hydroxyl groups is 1. The predicted octanol–water partition coefficient (Wildman–Crippen LogP) is 1.97. The van der Waals surface area contributed by atoms with Crippen LogP contribution in [0.25, 0.3) is 0 Å². The van der Waals surface area contributed by atoms with Gasteiger partial charge in [-0.05, 0) is 38.4 Å². The molecule has 6 N–H and O–H groups in total. The smallest absolute Gasteiger partial charge is 0.255 e. The molecule has 9 heteroatoms. The first-order valence-electron chi connectivity index (χ1n) is 12.1. The summed E-state index contributed by atoms with van der Waals surface area (Å²) in [5.74, 6) is -7.91. The molecule has 0 aromatic heterocycles. The van der Waals surface area contributed by atoms with Gasteiger partial charge in [0.15, 0.2) is 11.6 Å². The van der Waals surface area contributed by atoms with E-state index in [2.05, 4.69) is 0 Å². The molecule has 0 fully saturated rings. The highest BCUT2D eigenvalue weighted by atomic mass is 16.3. The molecular weight excluding hydrogens is 464 g/mol. The molecule has 1 aromatic carbocycles. The average molecular weight is 495 g/mol. The van der Waals surface area contributed by atoms with Crippen molar-refractivity contribution in [3.63, 3.8) is 0 Å². The van der Waals surface area contributed by atoms with E-state index in [4.69, 9.17) is 5.73 Å². The molecule has 190 valence electrons. The van der Waals surface area contributed by atoms with Crippen molar-refractivity contribution >= 4 is 17.5 Å². The second-order valence-electron chi connectivity index (χ2n) is 10.5. The number of phenols is 1. The highest BCUT2D eigenvalue weighted by molar-refractivity contribution is 6.22. The maximum atomic E-state index is 13.8. The molecule has 5 rings (SSSR count). The standard InChI is InChI=1S/C27H30N2O7/c1-10-12-8-9-13(11-6-4-5-7-11)21(30)15(12)23(32)17-14(10)22(31)16-18(24(17)33)25(34)19(27(28)36)26(35)20(16)29(2)3/h4,6,8-11,14,16,18,20,22,30-31,33,35H,5,7H2,1-3H3,(H2,28,36)/t10-,11?,14?,16?,18?,20-,22-/m0/s1. The maximum Gasteiger partial charge on any atom is 0.255 e. The van der Waals surface area contributed by atoms with Crippen molar-refractivity contribution < 1.29 is 34.8 Å². The molecular formula is C27H30N2O7. The molecule has 0 aliphatic heterocycles. The van der Waals surface area contributed by atoms with Crippen LogP contribution in [-0.2, 0) is 9.59 Å². The first-order chi connectivity index (χ1) is 17.0. The van der Waals surface area contributed by atoms with Gasteiger partial charge >= 0.3 is 0 Å². The number of hydrogen-bond donors (Lipinski definition) is 5. The zero-order valence-corrected chi connectivity index (χ0v) is 20.3. The van der Waals surface area contributed by atoms with E-state index in [-0.39, 0.29) is 22.8 Å². The summed E-state index contributed by atoms with van der Waals surface area (Å²) in [7, 11) is 3.22. The van der Waals surface area contributed by atoms with Gasteiger partial charge in [0.25, 0.3) is 5.91 Å². The molecule has 0 radical (unpaired) electrons. The Morgan fingerprint density at radius 3 is 2.33 bits per heavy atom. The fraction of sp³-hybridized carbons (Fsp3) is 0.444. The Kier molecular flexibility index (Phi) is 5.61. The lowest BCUT2D eigenvalue weighted by atomic mass is 9.57. The minimum Gasteiger partial charge on any atom is -0.511 e. The summed E-state index contributed by atoms with van der Waals surface area (Å²) < 4.78 is 0. The minimum atomic E-state index is -1.45. The molecule has 0 saturated carbocycles. The van der Waals surface area contributed by atoms with Crippen LogP contribution in [0.3, 0.4) is 0 Å². The van der Waals surface area contributed by atoms with Crippen molar-refractivity contribution in [2.45, 2.75) is 43.7 Å². The van der Waals surface area contributed by atoms with Crippen LogP contribution >= 0.6 is 0 Å². The van der Waals surface area contributed by atoms with E-state index in [0.29, 0.717) is 11.1 Å². The van der Waals surface area contributed by atoms with E-state index in [9.17, 15) is 34.8 Å². The van der Waals surface area contributed by atoms with Gasteiger partial charge in [0, 0.05) is 28.9 Å². The summed E-state index contributed by atoms with van der Waals surface area (Å²) in [6, 6.07) is 2.58. The van der Waals surface area contributed by atoms with Gasteiger partial charge in [-0.1, -0.05) is 31.2 Å². The number of amides is 1. The zero-order chi connectivity index (χ0) is 26.2. The normalized spacial score (nSPS) is 33.6. The van der Waals surface area contributed by atoms with Crippen molar-refractivity contribution in [3.8, 4) is 5.75 Å². The number of carbonyl (C=O) groups is 3. The van der Waals surface area contributed by atoms with Crippen LogP contribution in [0.15, 0.2) is 46.9 Å². The number of rotatable bonds is 3. The van der Waals surface area contributed by atoms with Crippen LogP contribution in [0.5, 0.6) is 5.75 Å². The number of fused-ring (bicyclic) bond motifs is 3. The Bertz CT molecular complexity index is 1290. The van der Waals surface area contributed by atoms with Crippen LogP contribution in [0.2, 0.25) is 0 Å². The first-order valence-corrected chi connectivity index (χ1v) is 12.1. The first kappa shape index (κ1) is 24.3. The van der Waals surface area contributed by atoms with Crippen molar-refractivity contribution in [1.82, 2.24) is 4.90 Å². The topological polar surface area (TPSA) is 161 Å². The number of aliphatic hydroxyl groups excluding tert-OH is 3. The number of Topliss-reactive ketones (excluding diaryl/α,β-unsaturated/α-hetero) is 2. The van der Waals surface area contributed by atoms with Crippen molar-refractivity contribution in [2.75, 3.05) is 14.1 Å². The number of nitrogens with two attached hydrogens (primary N) is 1. The van der Waals surface area contributed by atoms with Crippen LogP contribution < -0.4 is 5.73 Å². The Hall–Kier alpha value is -3.43. The Morgan fingerprint density at radius 1 is 1.08 bits per heavy atom. The van der Waals surface area contributed by atoms with Gasteiger partial charge in [-0.3, -0.25) is 19.3 Å². The number of nitrogens with zero attached hydrogens (tertiary/aromatic N) is 1. The molecule has 36 heavy (non-hydrogen) atoms. The number of ketones is 2. The molecule has 0 heterocycles. The molecule has 9 nitrogen and oxygen atoms in total. The maximum absolute atomic E-state index is 13.8. The van der Waals surface area contributed by atoms with Gasteiger partial charge in [0.05, 0.1) is 23.6 Å². The number of phenolic OH excluding ortho intramolecular Hbond substituents is 1. The average Bonchev–Trinajstić information content (AvgIpc) is 3.33. The van der Waals surface area contributed by atoms with E-state index >= 15 is 0 Å². The van der Waals surface area contributed by atoms with E-state index in [1.165, 1.54) is 0 Å². The molecule has 0 bridgehead atoms. The summed E-state index contributed by atoms with van der Waals surface area (Å²) in [4.78, 5) is 40.8. The number of aliphatic hydroxyl groups is 3. The van der Waals surface area contributed by atoms with Crippen LogP contribution in [0, 0.1) is 17.8 Å². The van der Waals surface area contributed by atoms with E-state index in [0.717, 1.165) is 12.8 Å². The monoisotopic (exact) mass is 494 g/mol. The zero-order valence-electron chi connectivity index (χ0n) is 20.3. The van der Waals surface area contributed by atoms with Crippen LogP contribution in [0.1, 0.15) is 53.1 Å². The van der Waals surface area contributed by atoms with Crippen molar-refractivity contribution in [2.24, 2.45) is 23.5 Å². The molecule has 1 aromatic rings. The fourth-order valence-electron chi connectivity index (χ4n) is 6.82. The van der Waals surface area contributed by atoms with Gasteiger partial charge in [-0.2, -0.15) is 0 Å². The fourth-order valence-corrected chi connectivity index (χ4v) is 6.82. The molecule has 0 spiro atoms. The second kappa shape index (κ2) is 8.31. The van der Waals surface area contributed by atoms with Crippen molar-refractivity contribution in [1.29, 1.82) is 0 Å². The quantitative estimate of drug-likeness (QED) is 0.315. The lowest BCUT2D eigenvalue weighted by molar-refractivity contribution is -0.131. The summed E-state index contributed by atoms with van der Waals surface area (Å²) >= 11 is 0. The summed E-state index contributed by atoms with van der Waals surface area (Å²) in [5, 5.41) is 45.0. The minimum absolute atomic E-state index is 0.0351. The highest BCUT2D eigenvalue weighted by Gasteiger charge is 2.59. The van der Waals surface area contributed by atoms with Gasteiger partial charge < -0.3 is 26.2 Å². The number of carbonyl (C=O) groups excluding carboxylic acids is 3. The summed E-state index contributed by atoms with van der Waals surface area (Å²) in [6.07, 6.45) is 4.36. The molecule has 0 saturated heterocycles. The van der Waals surface area contributed by atoms with Crippen molar-refractivity contribution in [3.05, 3.63) is 63.6 Å². The molecule has 1 amide bonds. The van der Waals surface area contributed by atoms with E-state index < -0.39 is 70.4 Å². The van der Waals surface area contributed by atoms with Gasteiger partial charge in [0.1, 0.15) is 22.8 Å². The van der Waals surface area contributed by atoms with E-state index in [1.54, 1.807) is 38.1 Å². The Labute approximate surface area is 208 Å². The number of likely N-dealkylation sites (N-methyl/N-ethyl adjacent to an activating group) is 1. The van der Waals surface area contributed by atoms with E-state index in [1.807, 2.05) is 12.2 Å². The van der Waals surface area contributed by atoms with Gasteiger partial charge in [-0.25, -0.2) is 0 Å². The highest BCUT2D eigenvalue weighted by Crippen LogP contribution is 2.54. The lowest BCUT2D eigenvalue weighted by Gasteiger charge is -2.50. The van der Waals surface area contributed by atoms with Crippen LogP contribution in [0.4, 0.5) is 0 Å². The van der Waals surface area contributed by atoms with Gasteiger partial charge in [-0.15, -0.1) is 0 Å².